The zero-order valence-corrected chi connectivity index (χ0v) is 17.4. The average Bonchev–Trinajstić information content (AvgIpc) is 2.91. The van der Waals surface area contributed by atoms with Gasteiger partial charge >= 0.3 is 19.8 Å². The second-order valence-corrected chi connectivity index (χ2v) is 8.03. The van der Waals surface area contributed by atoms with Crippen molar-refractivity contribution in [3.05, 3.63) is 33.1 Å². The molecule has 3 unspecified atom stereocenters. The van der Waals surface area contributed by atoms with Crippen LogP contribution in [0, 0.1) is 0 Å². The van der Waals surface area contributed by atoms with Crippen molar-refractivity contribution in [3.8, 4) is 0 Å². The molecule has 0 radical (unpaired) electrons. The number of nitrogens with one attached hydrogen (secondary N) is 2. The second kappa shape index (κ2) is 9.86. The highest BCUT2D eigenvalue weighted by Gasteiger charge is 2.57. The summed E-state index contributed by atoms with van der Waals surface area (Å²) in [4.78, 5) is 36.8. The number of aliphatic hydroxyl groups is 2. The Balaban J connectivity index is 2.05. The summed E-state index contributed by atoms with van der Waals surface area (Å²) in [5.74, 6) is -0.654. The highest BCUT2D eigenvalue weighted by atomic mass is 31.1. The average molecular weight is 452 g/mol. The Labute approximate surface area is 170 Å². The van der Waals surface area contributed by atoms with Crippen molar-refractivity contribution in [2.75, 3.05) is 13.3 Å². The summed E-state index contributed by atoms with van der Waals surface area (Å²) in [6, 6.07) is -0.00129. The third-order valence-electron chi connectivity index (χ3n) is 4.27. The van der Waals surface area contributed by atoms with Crippen LogP contribution in [0.2, 0.25) is 0 Å². The van der Waals surface area contributed by atoms with E-state index in [1.165, 1.54) is 6.92 Å². The molecular weight excluding hydrogens is 428 g/mol. The van der Waals surface area contributed by atoms with Crippen LogP contribution in [0.1, 0.15) is 27.0 Å². The topological polar surface area (TPSA) is 169 Å². The van der Waals surface area contributed by atoms with Gasteiger partial charge in [-0.05, 0) is 25.3 Å². The second-order valence-electron chi connectivity index (χ2n) is 7.00. The van der Waals surface area contributed by atoms with Gasteiger partial charge in [0.2, 0.25) is 0 Å². The van der Waals surface area contributed by atoms with Crippen LogP contribution in [0.5, 0.6) is 0 Å². The minimum absolute atomic E-state index is 0.366. The van der Waals surface area contributed by atoms with E-state index in [0.29, 0.717) is 4.57 Å². The molecule has 1 fully saturated rings. The van der Waals surface area contributed by atoms with Gasteiger partial charge in [-0.25, -0.2) is 9.18 Å². The van der Waals surface area contributed by atoms with Crippen LogP contribution in [0.3, 0.4) is 0 Å². The largest absolute Gasteiger partial charge is 0.613 e. The van der Waals surface area contributed by atoms with Crippen LogP contribution >= 0.6 is 8.18 Å². The summed E-state index contributed by atoms with van der Waals surface area (Å²) >= 11 is 0. The molecule has 0 aliphatic carbocycles. The lowest BCUT2D eigenvalue weighted by Crippen LogP contribution is -2.51. The molecule has 0 spiro atoms. The normalized spacial score (nSPS) is 27.8. The number of halogens is 1. The molecule has 2 rings (SSSR count). The fourth-order valence-corrected chi connectivity index (χ4v) is 3.52. The molecule has 14 heteroatoms. The maximum atomic E-state index is 13.6. The quantitative estimate of drug-likeness (QED) is 0.272. The number of aromatic amines is 1. The minimum atomic E-state index is -2.61. The van der Waals surface area contributed by atoms with E-state index in [4.69, 9.17) is 14.0 Å². The van der Waals surface area contributed by atoms with E-state index in [2.05, 4.69) is 5.09 Å². The third-order valence-corrected chi connectivity index (χ3v) is 5.26. The summed E-state index contributed by atoms with van der Waals surface area (Å²) in [6.45, 7) is 2.66. The van der Waals surface area contributed by atoms with Gasteiger partial charge in [0, 0.05) is 12.3 Å². The molecule has 1 aromatic rings. The number of ether oxygens (including phenoxy) is 2. The Kier molecular flexibility index (Phi) is 7.97. The Hall–Kier alpha value is -2.02. The Morgan fingerprint density at radius 2 is 2.13 bits per heavy atom. The zero-order valence-electron chi connectivity index (χ0n) is 16.5. The van der Waals surface area contributed by atoms with Crippen molar-refractivity contribution < 1.29 is 38.0 Å². The lowest BCUT2D eigenvalue weighted by atomic mass is 9.95. The van der Waals surface area contributed by atoms with Gasteiger partial charge in [0.25, 0.3) is 5.56 Å². The molecule has 168 valence electrons. The number of aliphatic hydroxyl groups excluding tert-OH is 1. The highest BCUT2D eigenvalue weighted by Crippen LogP contribution is 2.39. The van der Waals surface area contributed by atoms with E-state index in [1.807, 2.05) is 4.98 Å². The molecule has 0 aromatic carbocycles. The summed E-state index contributed by atoms with van der Waals surface area (Å²) in [5, 5.41) is 23.2. The van der Waals surface area contributed by atoms with E-state index in [-0.39, 0.29) is 6.10 Å². The maximum Gasteiger partial charge on any atom is 0.613 e. The van der Waals surface area contributed by atoms with E-state index in [0.717, 1.165) is 12.3 Å². The smallest absolute Gasteiger partial charge is 0.462 e. The van der Waals surface area contributed by atoms with Crippen LogP contribution < -0.4 is 16.3 Å². The van der Waals surface area contributed by atoms with Gasteiger partial charge in [-0.3, -0.25) is 19.1 Å². The molecule has 0 amide bonds. The van der Waals surface area contributed by atoms with Gasteiger partial charge in [-0.15, -0.1) is 4.52 Å². The van der Waals surface area contributed by atoms with Gasteiger partial charge in [-0.2, -0.15) is 0 Å². The summed E-state index contributed by atoms with van der Waals surface area (Å²) in [6.07, 6.45) is -4.28. The molecule has 1 aliphatic rings. The number of carbonyl (C=O) groups is 1. The van der Waals surface area contributed by atoms with Gasteiger partial charge in [0.15, 0.2) is 11.8 Å². The predicted octanol–water partition coefficient (Wildman–Crippen LogP) is -0.901. The molecule has 0 bridgehead atoms. The third kappa shape index (κ3) is 5.36. The van der Waals surface area contributed by atoms with Gasteiger partial charge in [0.05, 0.1) is 6.10 Å². The van der Waals surface area contributed by atoms with Crippen molar-refractivity contribution in [1.29, 1.82) is 0 Å². The summed E-state index contributed by atoms with van der Waals surface area (Å²) in [5.41, 5.74) is -4.23. The van der Waals surface area contributed by atoms with E-state index >= 15 is 0 Å². The first-order chi connectivity index (χ1) is 14.0. The number of esters is 1. The number of nitrogens with zero attached hydrogens (tertiary/aromatic N) is 1. The van der Waals surface area contributed by atoms with Crippen molar-refractivity contribution >= 4 is 14.1 Å². The number of hydrogen-bond donors (Lipinski definition) is 4. The van der Waals surface area contributed by atoms with Gasteiger partial charge in [-0.1, -0.05) is 5.09 Å². The molecule has 2 heterocycles. The van der Waals surface area contributed by atoms with Gasteiger partial charge < -0.3 is 19.7 Å². The fourth-order valence-electron chi connectivity index (χ4n) is 2.74. The molecule has 0 saturated carbocycles. The van der Waals surface area contributed by atoms with Crippen LogP contribution in [0.25, 0.3) is 0 Å². The van der Waals surface area contributed by atoms with Crippen LogP contribution in [0.4, 0.5) is 4.39 Å². The Morgan fingerprint density at radius 1 is 1.47 bits per heavy atom. The van der Waals surface area contributed by atoms with E-state index < -0.39 is 68.8 Å². The van der Waals surface area contributed by atoms with E-state index in [9.17, 15) is 33.6 Å². The number of rotatable bonds is 9. The molecular formula is C16H24FN3O9P+. The number of carbonyl (C=O) groups excluding carboxylic acids is 1. The standard InChI is InChI=1S/C16H23FN3O9P/c1-8(2)28-13(23)9(3)19-30(26)27-6-10-12(22)16(25,7-17)14(29-10)20-5-4-11(21)18-15(20)24/h4-5,8-10,12,14,22,25H,6-7H2,1-3H3,(H-,18,19,21,24,26)/p+1/t9-,10?,12-,14+,16?/m0/s1. The van der Waals surface area contributed by atoms with Crippen molar-refractivity contribution in [3.63, 3.8) is 0 Å². The molecule has 1 aromatic heterocycles. The molecule has 1 aliphatic heterocycles. The summed E-state index contributed by atoms with van der Waals surface area (Å²) < 4.78 is 41.7. The first kappa shape index (κ1) is 24.3. The predicted molar refractivity (Wildman–Crippen MR) is 99.5 cm³/mol. The minimum Gasteiger partial charge on any atom is -0.462 e. The number of aromatic nitrogens is 2. The van der Waals surface area contributed by atoms with Crippen LogP contribution in [-0.4, -0.2) is 69.0 Å². The van der Waals surface area contributed by atoms with Gasteiger partial charge in [0.1, 0.15) is 31.5 Å². The SMILES string of the molecule is CC(C)OC(=O)[C@H](C)N[P+](=O)OCC1O[C@@H](n2ccc(=O)[nH]c2=O)C(O)(CF)[C@H]1O. The lowest BCUT2D eigenvalue weighted by Gasteiger charge is -2.28. The molecule has 1 saturated heterocycles. The number of alkyl halides is 1. The first-order valence-electron chi connectivity index (χ1n) is 8.99. The molecule has 12 nitrogen and oxygen atoms in total. The van der Waals surface area contributed by atoms with Crippen molar-refractivity contribution in [2.45, 2.75) is 57.0 Å². The Bertz CT molecular complexity index is 891. The molecule has 4 N–H and O–H groups in total. The fraction of sp³-hybridized carbons (Fsp3) is 0.688. The number of H-pyrrole nitrogens is 1. The number of hydrogen-bond acceptors (Lipinski definition) is 9. The van der Waals surface area contributed by atoms with E-state index in [1.54, 1.807) is 13.8 Å². The summed E-state index contributed by atoms with van der Waals surface area (Å²) in [7, 11) is -2.61. The molecule has 30 heavy (non-hydrogen) atoms. The monoisotopic (exact) mass is 452 g/mol. The highest BCUT2D eigenvalue weighted by molar-refractivity contribution is 7.36. The van der Waals surface area contributed by atoms with Crippen LogP contribution in [0.15, 0.2) is 21.9 Å². The first-order valence-corrected chi connectivity index (χ1v) is 10.2. The molecule has 6 atom stereocenters. The van der Waals surface area contributed by atoms with Crippen LogP contribution in [-0.2, 0) is 23.4 Å². The zero-order chi connectivity index (χ0) is 22.6. The Morgan fingerprint density at radius 3 is 2.70 bits per heavy atom. The lowest BCUT2D eigenvalue weighted by molar-refractivity contribution is -0.149. The van der Waals surface area contributed by atoms with Crippen molar-refractivity contribution in [1.82, 2.24) is 14.6 Å². The van der Waals surface area contributed by atoms with Crippen molar-refractivity contribution in [2.24, 2.45) is 0 Å². The maximum absolute atomic E-state index is 13.6.